The molecule has 0 saturated carbocycles. The summed E-state index contributed by atoms with van der Waals surface area (Å²) >= 11 is 0. The second kappa shape index (κ2) is 8.53. The van der Waals surface area contributed by atoms with Crippen LogP contribution < -0.4 is 10.1 Å². The SMILES string of the molecule is CC(=O)OCCc1ccc(OC(C)C)c(-c2ccc(F)c3c2CNCC3)c1. The lowest BCUT2D eigenvalue weighted by molar-refractivity contribution is -0.140. The van der Waals surface area contributed by atoms with Gasteiger partial charge < -0.3 is 14.8 Å². The predicted octanol–water partition coefficient (Wildman–Crippen LogP) is 4.03. The number of esters is 1. The van der Waals surface area contributed by atoms with Gasteiger partial charge in [-0.2, -0.15) is 0 Å². The third-order valence-electron chi connectivity index (χ3n) is 4.62. The second-order valence-corrected chi connectivity index (χ2v) is 7.07. The van der Waals surface area contributed by atoms with Crippen molar-refractivity contribution in [3.05, 3.63) is 52.8 Å². The Bertz CT molecular complexity index is 833. The van der Waals surface area contributed by atoms with Gasteiger partial charge in [-0.15, -0.1) is 0 Å². The first-order chi connectivity index (χ1) is 13.0. The summed E-state index contributed by atoms with van der Waals surface area (Å²) in [5.41, 5.74) is 4.76. The first-order valence-corrected chi connectivity index (χ1v) is 9.40. The van der Waals surface area contributed by atoms with Crippen LogP contribution in [-0.2, 0) is 28.9 Å². The van der Waals surface area contributed by atoms with E-state index in [-0.39, 0.29) is 17.9 Å². The first kappa shape index (κ1) is 19.4. The zero-order valence-electron chi connectivity index (χ0n) is 16.1. The fourth-order valence-corrected chi connectivity index (χ4v) is 3.43. The van der Waals surface area contributed by atoms with Crippen molar-refractivity contribution < 1.29 is 18.7 Å². The molecule has 0 atom stereocenters. The van der Waals surface area contributed by atoms with Gasteiger partial charge in [0.2, 0.25) is 0 Å². The summed E-state index contributed by atoms with van der Waals surface area (Å²) in [7, 11) is 0. The van der Waals surface area contributed by atoms with Crippen molar-refractivity contribution in [3.8, 4) is 16.9 Å². The molecule has 0 amide bonds. The molecule has 1 heterocycles. The Morgan fingerprint density at radius 3 is 2.74 bits per heavy atom. The number of rotatable bonds is 6. The summed E-state index contributed by atoms with van der Waals surface area (Å²) < 4.78 is 25.4. The minimum absolute atomic E-state index is 0.0324. The van der Waals surface area contributed by atoms with Gasteiger partial charge in [-0.1, -0.05) is 12.1 Å². The Morgan fingerprint density at radius 2 is 2.00 bits per heavy atom. The number of hydrogen-bond donors (Lipinski definition) is 1. The van der Waals surface area contributed by atoms with Gasteiger partial charge in [0, 0.05) is 25.5 Å². The Hall–Kier alpha value is -2.40. The van der Waals surface area contributed by atoms with Crippen LogP contribution in [0.2, 0.25) is 0 Å². The van der Waals surface area contributed by atoms with E-state index in [4.69, 9.17) is 9.47 Å². The quantitative estimate of drug-likeness (QED) is 0.779. The Kier molecular flexibility index (Phi) is 6.11. The van der Waals surface area contributed by atoms with Crippen molar-refractivity contribution in [3.63, 3.8) is 0 Å². The average Bonchev–Trinajstić information content (AvgIpc) is 2.63. The maximum atomic E-state index is 14.3. The highest BCUT2D eigenvalue weighted by atomic mass is 19.1. The molecule has 1 aliphatic heterocycles. The lowest BCUT2D eigenvalue weighted by atomic mass is 9.90. The van der Waals surface area contributed by atoms with Crippen molar-refractivity contribution in [2.24, 2.45) is 0 Å². The predicted molar refractivity (Wildman–Crippen MR) is 103 cm³/mol. The van der Waals surface area contributed by atoms with Crippen LogP contribution in [-0.4, -0.2) is 25.2 Å². The summed E-state index contributed by atoms with van der Waals surface area (Å²) in [6.45, 7) is 7.14. The van der Waals surface area contributed by atoms with Crippen LogP contribution in [0.4, 0.5) is 4.39 Å². The van der Waals surface area contributed by atoms with E-state index < -0.39 is 0 Å². The van der Waals surface area contributed by atoms with Crippen LogP contribution in [0, 0.1) is 5.82 Å². The normalized spacial score (nSPS) is 13.4. The van der Waals surface area contributed by atoms with E-state index in [2.05, 4.69) is 11.4 Å². The molecule has 144 valence electrons. The van der Waals surface area contributed by atoms with Crippen molar-refractivity contribution in [2.45, 2.75) is 46.3 Å². The highest BCUT2D eigenvalue weighted by Gasteiger charge is 2.20. The van der Waals surface area contributed by atoms with E-state index in [1.54, 1.807) is 6.07 Å². The zero-order valence-corrected chi connectivity index (χ0v) is 16.1. The molecule has 0 radical (unpaired) electrons. The molecule has 3 rings (SSSR count). The lowest BCUT2D eigenvalue weighted by Crippen LogP contribution is -2.25. The summed E-state index contributed by atoms with van der Waals surface area (Å²) in [4.78, 5) is 11.0. The van der Waals surface area contributed by atoms with E-state index in [0.717, 1.165) is 40.1 Å². The molecule has 0 bridgehead atoms. The van der Waals surface area contributed by atoms with Crippen LogP contribution in [0.1, 0.15) is 37.5 Å². The Labute approximate surface area is 159 Å². The standard InChI is InChI=1S/C22H26FNO3/c1-14(2)27-22-7-4-16(9-11-26-15(3)25)12-19(22)17-5-6-21(23)18-8-10-24-13-20(17)18/h4-7,12,14,24H,8-11,13H2,1-3H3. The van der Waals surface area contributed by atoms with Crippen LogP contribution in [0.15, 0.2) is 30.3 Å². The Balaban J connectivity index is 2.02. The molecule has 0 spiro atoms. The Morgan fingerprint density at radius 1 is 1.19 bits per heavy atom. The van der Waals surface area contributed by atoms with Gasteiger partial charge in [-0.25, -0.2) is 4.39 Å². The van der Waals surface area contributed by atoms with Crippen LogP contribution >= 0.6 is 0 Å². The highest BCUT2D eigenvalue weighted by molar-refractivity contribution is 5.75. The number of fused-ring (bicyclic) bond motifs is 1. The molecular formula is C22H26FNO3. The smallest absolute Gasteiger partial charge is 0.302 e. The molecule has 0 unspecified atom stereocenters. The molecule has 0 aliphatic carbocycles. The van der Waals surface area contributed by atoms with Gasteiger partial charge in [0.15, 0.2) is 0 Å². The molecule has 1 N–H and O–H groups in total. The average molecular weight is 371 g/mol. The molecule has 0 fully saturated rings. The largest absolute Gasteiger partial charge is 0.490 e. The molecule has 2 aromatic carbocycles. The summed E-state index contributed by atoms with van der Waals surface area (Å²) in [6.07, 6.45) is 1.34. The zero-order chi connectivity index (χ0) is 19.4. The van der Waals surface area contributed by atoms with Gasteiger partial charge in [0.25, 0.3) is 0 Å². The first-order valence-electron chi connectivity index (χ1n) is 9.40. The molecular weight excluding hydrogens is 345 g/mol. The van der Waals surface area contributed by atoms with Crippen molar-refractivity contribution in [2.75, 3.05) is 13.2 Å². The van der Waals surface area contributed by atoms with E-state index >= 15 is 0 Å². The fraction of sp³-hybridized carbons (Fsp3) is 0.409. The van der Waals surface area contributed by atoms with Gasteiger partial charge >= 0.3 is 5.97 Å². The number of ether oxygens (including phenoxy) is 2. The van der Waals surface area contributed by atoms with Crippen molar-refractivity contribution in [1.29, 1.82) is 0 Å². The van der Waals surface area contributed by atoms with Gasteiger partial charge in [0.05, 0.1) is 12.7 Å². The van der Waals surface area contributed by atoms with Crippen LogP contribution in [0.5, 0.6) is 5.75 Å². The summed E-state index contributed by atoms with van der Waals surface area (Å²) in [5.74, 6) is 0.349. The minimum Gasteiger partial charge on any atom is -0.490 e. The van der Waals surface area contributed by atoms with Gasteiger partial charge in [0.1, 0.15) is 11.6 Å². The van der Waals surface area contributed by atoms with Gasteiger partial charge in [-0.3, -0.25) is 4.79 Å². The van der Waals surface area contributed by atoms with E-state index in [1.807, 2.05) is 32.0 Å². The lowest BCUT2D eigenvalue weighted by Gasteiger charge is -2.23. The van der Waals surface area contributed by atoms with Gasteiger partial charge in [-0.05, 0) is 67.3 Å². The summed E-state index contributed by atoms with van der Waals surface area (Å²) in [6, 6.07) is 9.37. The molecule has 1 aliphatic rings. The molecule has 2 aromatic rings. The number of carbonyl (C=O) groups excluding carboxylic acids is 1. The molecule has 5 heteroatoms. The molecule has 27 heavy (non-hydrogen) atoms. The molecule has 4 nitrogen and oxygen atoms in total. The van der Waals surface area contributed by atoms with Crippen LogP contribution in [0.25, 0.3) is 11.1 Å². The second-order valence-electron chi connectivity index (χ2n) is 7.07. The third-order valence-corrected chi connectivity index (χ3v) is 4.62. The maximum absolute atomic E-state index is 14.3. The minimum atomic E-state index is -0.284. The summed E-state index contributed by atoms with van der Waals surface area (Å²) in [5, 5.41) is 3.33. The number of benzene rings is 2. The van der Waals surface area contributed by atoms with E-state index in [9.17, 15) is 9.18 Å². The van der Waals surface area contributed by atoms with Crippen molar-refractivity contribution >= 4 is 5.97 Å². The highest BCUT2D eigenvalue weighted by Crippen LogP contribution is 2.37. The third kappa shape index (κ3) is 4.66. The maximum Gasteiger partial charge on any atom is 0.302 e. The fourth-order valence-electron chi connectivity index (χ4n) is 3.43. The number of hydrogen-bond acceptors (Lipinski definition) is 4. The topological polar surface area (TPSA) is 47.6 Å². The number of nitrogens with one attached hydrogen (secondary N) is 1. The van der Waals surface area contributed by atoms with Crippen molar-refractivity contribution in [1.82, 2.24) is 5.32 Å². The molecule has 0 saturated heterocycles. The van der Waals surface area contributed by atoms with E-state index in [0.29, 0.717) is 26.0 Å². The van der Waals surface area contributed by atoms with E-state index in [1.165, 1.54) is 6.92 Å². The number of halogens is 1. The number of carbonyl (C=O) groups is 1. The monoisotopic (exact) mass is 371 g/mol. The molecule has 0 aromatic heterocycles. The van der Waals surface area contributed by atoms with Crippen LogP contribution in [0.3, 0.4) is 0 Å².